The fraction of sp³-hybridized carbons (Fsp3) is 0.357. The predicted molar refractivity (Wildman–Crippen MR) is 77.8 cm³/mol. The number of rotatable bonds is 7. The molecule has 0 bridgehead atoms. The quantitative estimate of drug-likeness (QED) is 0.623. The summed E-state index contributed by atoms with van der Waals surface area (Å²) in [4.78, 5) is 14.7. The Morgan fingerprint density at radius 3 is 2.95 bits per heavy atom. The molecule has 0 saturated heterocycles. The largest absolute Gasteiger partial charge is 0.480 e. The van der Waals surface area contributed by atoms with Gasteiger partial charge in [0, 0.05) is 19.2 Å². The molecular weight excluding hydrogens is 272 g/mol. The molecule has 0 atom stereocenters. The Morgan fingerprint density at radius 2 is 2.29 bits per heavy atom. The maximum atomic E-state index is 11.1. The number of hydrogen-bond donors (Lipinski definition) is 1. The van der Waals surface area contributed by atoms with E-state index in [9.17, 15) is 10.1 Å². The van der Waals surface area contributed by atoms with Crippen LogP contribution in [0.1, 0.15) is 24.6 Å². The molecule has 0 amide bonds. The number of nitrogens with zero attached hydrogens (tertiary/aromatic N) is 3. The summed E-state index contributed by atoms with van der Waals surface area (Å²) < 4.78 is 7.56. The first-order valence-electron chi connectivity index (χ1n) is 6.75. The minimum atomic E-state index is -0.460. The molecule has 1 heterocycles. The third-order valence-electron chi connectivity index (χ3n) is 3.09. The van der Waals surface area contributed by atoms with Crippen molar-refractivity contribution in [1.82, 2.24) is 9.55 Å². The van der Waals surface area contributed by atoms with Crippen LogP contribution < -0.4 is 10.5 Å². The standard InChI is InChI=1S/C14H18N4O3/c1-2-5-17-10-16-8-12(17)9-21-14-4-3-11(7-15)6-13(14)18(19)20/h3-4,6,8,10H,2,5,7,9,15H2,1H3. The molecular formula is C14H18N4O3. The zero-order valence-electron chi connectivity index (χ0n) is 11.9. The molecule has 0 spiro atoms. The van der Waals surface area contributed by atoms with E-state index >= 15 is 0 Å². The van der Waals surface area contributed by atoms with Gasteiger partial charge in [-0.15, -0.1) is 0 Å². The van der Waals surface area contributed by atoms with Crippen molar-refractivity contribution in [2.24, 2.45) is 5.73 Å². The van der Waals surface area contributed by atoms with Gasteiger partial charge in [-0.05, 0) is 18.1 Å². The van der Waals surface area contributed by atoms with Crippen LogP contribution in [0.5, 0.6) is 5.75 Å². The Kier molecular flexibility index (Phi) is 4.89. The smallest absolute Gasteiger partial charge is 0.311 e. The van der Waals surface area contributed by atoms with Crippen molar-refractivity contribution in [3.05, 3.63) is 52.1 Å². The van der Waals surface area contributed by atoms with E-state index < -0.39 is 4.92 Å². The lowest BCUT2D eigenvalue weighted by Crippen LogP contribution is -2.06. The molecule has 0 fully saturated rings. The maximum absolute atomic E-state index is 11.1. The molecule has 21 heavy (non-hydrogen) atoms. The van der Waals surface area contributed by atoms with Gasteiger partial charge in [0.25, 0.3) is 0 Å². The summed E-state index contributed by atoms with van der Waals surface area (Å²) in [6.45, 7) is 3.40. The van der Waals surface area contributed by atoms with Gasteiger partial charge in [-0.25, -0.2) is 4.98 Å². The fourth-order valence-electron chi connectivity index (χ4n) is 2.02. The molecule has 0 aliphatic rings. The highest BCUT2D eigenvalue weighted by atomic mass is 16.6. The zero-order valence-corrected chi connectivity index (χ0v) is 11.9. The average Bonchev–Trinajstić information content (AvgIpc) is 2.92. The first kappa shape index (κ1) is 15.0. The van der Waals surface area contributed by atoms with Gasteiger partial charge in [-0.3, -0.25) is 10.1 Å². The number of imidazole rings is 1. The number of nitro groups is 1. The number of nitro benzene ring substituents is 1. The van der Waals surface area contributed by atoms with E-state index in [0.29, 0.717) is 5.56 Å². The van der Waals surface area contributed by atoms with Crippen molar-refractivity contribution < 1.29 is 9.66 Å². The molecule has 0 radical (unpaired) electrons. The molecule has 2 aromatic rings. The van der Waals surface area contributed by atoms with Crippen LogP contribution in [-0.4, -0.2) is 14.5 Å². The van der Waals surface area contributed by atoms with Crippen LogP contribution in [-0.2, 0) is 19.7 Å². The average molecular weight is 290 g/mol. The molecule has 2 N–H and O–H groups in total. The first-order chi connectivity index (χ1) is 10.2. The van der Waals surface area contributed by atoms with E-state index in [0.717, 1.165) is 18.7 Å². The molecule has 0 unspecified atom stereocenters. The predicted octanol–water partition coefficient (Wildman–Crippen LogP) is 2.24. The lowest BCUT2D eigenvalue weighted by atomic mass is 10.2. The van der Waals surface area contributed by atoms with Crippen LogP contribution in [0.3, 0.4) is 0 Å². The molecule has 7 nitrogen and oxygen atoms in total. The Morgan fingerprint density at radius 1 is 1.48 bits per heavy atom. The topological polar surface area (TPSA) is 96.2 Å². The summed E-state index contributed by atoms with van der Waals surface area (Å²) >= 11 is 0. The van der Waals surface area contributed by atoms with E-state index in [2.05, 4.69) is 11.9 Å². The monoisotopic (exact) mass is 290 g/mol. The van der Waals surface area contributed by atoms with Gasteiger partial charge in [0.1, 0.15) is 6.61 Å². The number of aryl methyl sites for hydroxylation is 1. The van der Waals surface area contributed by atoms with E-state index in [-0.39, 0.29) is 24.6 Å². The number of nitrogens with two attached hydrogens (primary N) is 1. The molecule has 7 heteroatoms. The van der Waals surface area contributed by atoms with Crippen LogP contribution in [0, 0.1) is 10.1 Å². The lowest BCUT2D eigenvalue weighted by Gasteiger charge is -2.09. The molecule has 1 aromatic heterocycles. The van der Waals surface area contributed by atoms with Gasteiger partial charge < -0.3 is 15.0 Å². The fourth-order valence-corrected chi connectivity index (χ4v) is 2.02. The molecule has 0 aliphatic heterocycles. The van der Waals surface area contributed by atoms with Crippen molar-refractivity contribution in [3.8, 4) is 5.75 Å². The van der Waals surface area contributed by atoms with Gasteiger partial charge >= 0.3 is 5.69 Å². The molecule has 0 saturated carbocycles. The van der Waals surface area contributed by atoms with E-state index in [1.807, 2.05) is 4.57 Å². The highest BCUT2D eigenvalue weighted by molar-refractivity contribution is 5.48. The third-order valence-corrected chi connectivity index (χ3v) is 3.09. The van der Waals surface area contributed by atoms with Crippen LogP contribution in [0.4, 0.5) is 5.69 Å². The van der Waals surface area contributed by atoms with Gasteiger partial charge in [-0.2, -0.15) is 0 Å². The molecule has 2 rings (SSSR count). The molecule has 0 aliphatic carbocycles. The van der Waals surface area contributed by atoms with Crippen LogP contribution >= 0.6 is 0 Å². The number of benzene rings is 1. The SMILES string of the molecule is CCCn1cncc1COc1ccc(CN)cc1[N+](=O)[O-]. The van der Waals surface area contributed by atoms with Crippen molar-refractivity contribution in [3.63, 3.8) is 0 Å². The third kappa shape index (κ3) is 3.57. The van der Waals surface area contributed by atoms with Gasteiger partial charge in [0.15, 0.2) is 5.75 Å². The second-order valence-electron chi connectivity index (χ2n) is 4.63. The lowest BCUT2D eigenvalue weighted by molar-refractivity contribution is -0.386. The minimum Gasteiger partial charge on any atom is -0.480 e. The second-order valence-corrected chi connectivity index (χ2v) is 4.63. The number of aromatic nitrogens is 2. The molecule has 112 valence electrons. The first-order valence-corrected chi connectivity index (χ1v) is 6.75. The van der Waals surface area contributed by atoms with Gasteiger partial charge in [0.05, 0.1) is 23.1 Å². The second kappa shape index (κ2) is 6.85. The summed E-state index contributed by atoms with van der Waals surface area (Å²) in [6, 6.07) is 4.76. The summed E-state index contributed by atoms with van der Waals surface area (Å²) in [7, 11) is 0. The van der Waals surface area contributed by atoms with E-state index in [1.54, 1.807) is 24.7 Å². The van der Waals surface area contributed by atoms with Crippen molar-refractivity contribution in [1.29, 1.82) is 0 Å². The Bertz CT molecular complexity index is 624. The minimum absolute atomic E-state index is 0.0699. The van der Waals surface area contributed by atoms with Crippen LogP contribution in [0.25, 0.3) is 0 Å². The van der Waals surface area contributed by atoms with Gasteiger partial charge in [0.2, 0.25) is 0 Å². The Hall–Kier alpha value is -2.41. The highest BCUT2D eigenvalue weighted by Crippen LogP contribution is 2.28. The van der Waals surface area contributed by atoms with Gasteiger partial charge in [-0.1, -0.05) is 13.0 Å². The Labute approximate surface area is 122 Å². The molecule has 1 aromatic carbocycles. The van der Waals surface area contributed by atoms with E-state index in [4.69, 9.17) is 10.5 Å². The maximum Gasteiger partial charge on any atom is 0.311 e. The summed E-state index contributed by atoms with van der Waals surface area (Å²) in [6.07, 6.45) is 4.42. The summed E-state index contributed by atoms with van der Waals surface area (Å²) in [5, 5.41) is 11.1. The summed E-state index contributed by atoms with van der Waals surface area (Å²) in [5.41, 5.74) is 7.01. The Balaban J connectivity index is 2.15. The summed E-state index contributed by atoms with van der Waals surface area (Å²) in [5.74, 6) is 0.237. The van der Waals surface area contributed by atoms with Crippen molar-refractivity contribution in [2.75, 3.05) is 0 Å². The van der Waals surface area contributed by atoms with Crippen LogP contribution in [0.15, 0.2) is 30.7 Å². The number of hydrogen-bond acceptors (Lipinski definition) is 5. The normalized spacial score (nSPS) is 10.6. The number of ether oxygens (including phenoxy) is 1. The van der Waals surface area contributed by atoms with E-state index in [1.165, 1.54) is 6.07 Å². The van der Waals surface area contributed by atoms with Crippen molar-refractivity contribution >= 4 is 5.69 Å². The van der Waals surface area contributed by atoms with Crippen LogP contribution in [0.2, 0.25) is 0 Å². The zero-order chi connectivity index (χ0) is 15.2. The highest BCUT2D eigenvalue weighted by Gasteiger charge is 2.16. The van der Waals surface area contributed by atoms with Crippen molar-refractivity contribution in [2.45, 2.75) is 33.0 Å².